The van der Waals surface area contributed by atoms with Gasteiger partial charge in [0.15, 0.2) is 5.82 Å². The summed E-state index contributed by atoms with van der Waals surface area (Å²) in [6.45, 7) is 2.68. The van der Waals surface area contributed by atoms with E-state index in [1.54, 1.807) is 12.4 Å². The summed E-state index contributed by atoms with van der Waals surface area (Å²) < 4.78 is 14.0. The van der Waals surface area contributed by atoms with Gasteiger partial charge in [-0.1, -0.05) is 0 Å². The van der Waals surface area contributed by atoms with Gasteiger partial charge >= 0.3 is 0 Å². The zero-order chi connectivity index (χ0) is 15.5. The third-order valence-electron chi connectivity index (χ3n) is 3.67. The smallest absolute Gasteiger partial charge is 0.272 e. The highest BCUT2D eigenvalue weighted by atomic mass is 19.1. The van der Waals surface area contributed by atoms with Gasteiger partial charge in [-0.15, -0.1) is 0 Å². The number of hydrogen-bond acceptors (Lipinski definition) is 6. The Morgan fingerprint density at radius 1 is 1.09 bits per heavy atom. The van der Waals surface area contributed by atoms with E-state index >= 15 is 0 Å². The molecule has 1 aromatic carbocycles. The van der Waals surface area contributed by atoms with Crippen molar-refractivity contribution in [2.75, 3.05) is 36.0 Å². The van der Waals surface area contributed by atoms with E-state index in [0.29, 0.717) is 31.9 Å². The summed E-state index contributed by atoms with van der Waals surface area (Å²) in [4.78, 5) is 22.0. The highest BCUT2D eigenvalue weighted by molar-refractivity contribution is 5.54. The minimum Gasteiger partial charge on any atom is -0.366 e. The number of nitro groups is 1. The third kappa shape index (κ3) is 2.80. The third-order valence-corrected chi connectivity index (χ3v) is 3.67. The first-order valence-electron chi connectivity index (χ1n) is 6.84. The fourth-order valence-electron chi connectivity index (χ4n) is 2.53. The highest BCUT2D eigenvalue weighted by Crippen LogP contribution is 2.25. The summed E-state index contributed by atoms with van der Waals surface area (Å²) in [5, 5.41) is 10.6. The molecule has 3 rings (SSSR count). The van der Waals surface area contributed by atoms with Crippen molar-refractivity contribution in [2.45, 2.75) is 0 Å². The Balaban J connectivity index is 1.70. The molecular weight excluding hydrogens is 289 g/mol. The Bertz CT molecular complexity index is 674. The molecule has 8 heteroatoms. The van der Waals surface area contributed by atoms with Crippen LogP contribution in [0.5, 0.6) is 0 Å². The summed E-state index contributed by atoms with van der Waals surface area (Å²) in [6, 6.07) is 3.76. The molecule has 0 bridgehead atoms. The van der Waals surface area contributed by atoms with E-state index in [9.17, 15) is 14.5 Å². The van der Waals surface area contributed by atoms with Gasteiger partial charge in [-0.3, -0.25) is 10.1 Å². The molecule has 2 aromatic rings. The summed E-state index contributed by atoms with van der Waals surface area (Å²) >= 11 is 0. The van der Waals surface area contributed by atoms with Crippen LogP contribution in [-0.4, -0.2) is 41.1 Å². The highest BCUT2D eigenvalue weighted by Gasteiger charge is 2.21. The molecule has 0 spiro atoms. The van der Waals surface area contributed by atoms with Crippen LogP contribution in [0.15, 0.2) is 36.9 Å². The van der Waals surface area contributed by atoms with Crippen molar-refractivity contribution < 1.29 is 9.31 Å². The minimum atomic E-state index is -0.597. The SMILES string of the molecule is O=[N+]([O-])c1ccc(N2CCN(c3cncnc3)CC2)c(F)c1. The second kappa shape index (κ2) is 5.92. The van der Waals surface area contributed by atoms with E-state index in [-0.39, 0.29) is 5.69 Å². The maximum absolute atomic E-state index is 14.0. The Morgan fingerprint density at radius 2 is 1.73 bits per heavy atom. The Labute approximate surface area is 126 Å². The summed E-state index contributed by atoms with van der Waals surface area (Å²) in [6.07, 6.45) is 4.97. The number of aromatic nitrogens is 2. The Morgan fingerprint density at radius 3 is 2.32 bits per heavy atom. The second-order valence-corrected chi connectivity index (χ2v) is 4.96. The van der Waals surface area contributed by atoms with Gasteiger partial charge in [-0.05, 0) is 6.07 Å². The van der Waals surface area contributed by atoms with Crippen LogP contribution in [0.1, 0.15) is 0 Å². The van der Waals surface area contributed by atoms with Crippen molar-refractivity contribution in [3.8, 4) is 0 Å². The lowest BCUT2D eigenvalue weighted by Gasteiger charge is -2.37. The van der Waals surface area contributed by atoms with Crippen LogP contribution in [0.4, 0.5) is 21.5 Å². The number of benzene rings is 1. The number of nitro benzene ring substituents is 1. The molecule has 0 radical (unpaired) electrons. The molecule has 2 heterocycles. The summed E-state index contributed by atoms with van der Waals surface area (Å²) in [5.74, 6) is -0.564. The predicted molar refractivity (Wildman–Crippen MR) is 79.5 cm³/mol. The van der Waals surface area contributed by atoms with Crippen molar-refractivity contribution >= 4 is 17.1 Å². The average molecular weight is 303 g/mol. The van der Waals surface area contributed by atoms with E-state index < -0.39 is 10.7 Å². The van der Waals surface area contributed by atoms with E-state index in [4.69, 9.17) is 0 Å². The number of piperazine rings is 1. The molecule has 0 N–H and O–H groups in total. The van der Waals surface area contributed by atoms with Crippen LogP contribution in [0.2, 0.25) is 0 Å². The molecule has 1 saturated heterocycles. The summed E-state index contributed by atoms with van der Waals surface area (Å²) in [7, 11) is 0. The largest absolute Gasteiger partial charge is 0.366 e. The summed E-state index contributed by atoms with van der Waals surface area (Å²) in [5.41, 5.74) is 1.10. The van der Waals surface area contributed by atoms with Crippen LogP contribution < -0.4 is 9.80 Å². The quantitative estimate of drug-likeness (QED) is 0.636. The normalized spacial score (nSPS) is 15.0. The lowest BCUT2D eigenvalue weighted by Crippen LogP contribution is -2.46. The number of anilines is 2. The van der Waals surface area contributed by atoms with Crippen LogP contribution >= 0.6 is 0 Å². The van der Waals surface area contributed by atoms with Crippen molar-refractivity contribution in [3.63, 3.8) is 0 Å². The molecule has 0 aliphatic carbocycles. The monoisotopic (exact) mass is 303 g/mol. The van der Waals surface area contributed by atoms with Gasteiger partial charge in [0.1, 0.15) is 6.33 Å². The molecular formula is C14H14FN5O2. The molecule has 1 aliphatic rings. The van der Waals surface area contributed by atoms with Gasteiger partial charge in [-0.2, -0.15) is 0 Å². The number of rotatable bonds is 3. The van der Waals surface area contributed by atoms with E-state index in [1.807, 2.05) is 4.90 Å². The predicted octanol–water partition coefficient (Wildman–Crippen LogP) is 1.85. The molecule has 7 nitrogen and oxygen atoms in total. The standard InChI is InChI=1S/C14H14FN5O2/c15-13-7-11(20(21)22)1-2-14(13)19-5-3-18(4-6-19)12-8-16-10-17-9-12/h1-2,7-10H,3-6H2. The van der Waals surface area contributed by atoms with Gasteiger partial charge in [0, 0.05) is 32.2 Å². The fraction of sp³-hybridized carbons (Fsp3) is 0.286. The molecule has 0 atom stereocenters. The maximum Gasteiger partial charge on any atom is 0.272 e. The molecule has 22 heavy (non-hydrogen) atoms. The number of hydrogen-bond donors (Lipinski definition) is 0. The zero-order valence-electron chi connectivity index (χ0n) is 11.7. The number of halogens is 1. The molecule has 1 aliphatic heterocycles. The Kier molecular flexibility index (Phi) is 3.82. The van der Waals surface area contributed by atoms with Gasteiger partial charge < -0.3 is 9.80 Å². The van der Waals surface area contributed by atoms with E-state index in [2.05, 4.69) is 14.9 Å². The number of nitrogens with zero attached hydrogens (tertiary/aromatic N) is 5. The first-order chi connectivity index (χ1) is 10.6. The average Bonchev–Trinajstić information content (AvgIpc) is 2.56. The lowest BCUT2D eigenvalue weighted by atomic mass is 10.2. The van der Waals surface area contributed by atoms with Gasteiger partial charge in [-0.25, -0.2) is 14.4 Å². The molecule has 0 saturated carbocycles. The topological polar surface area (TPSA) is 75.4 Å². The molecule has 0 unspecified atom stereocenters. The fourth-order valence-corrected chi connectivity index (χ4v) is 2.53. The van der Waals surface area contributed by atoms with Crippen LogP contribution in [0, 0.1) is 15.9 Å². The molecule has 1 aromatic heterocycles. The van der Waals surface area contributed by atoms with Crippen molar-refractivity contribution in [2.24, 2.45) is 0 Å². The van der Waals surface area contributed by atoms with Crippen LogP contribution in [-0.2, 0) is 0 Å². The maximum atomic E-state index is 14.0. The first kappa shape index (κ1) is 14.2. The Hall–Kier alpha value is -2.77. The minimum absolute atomic E-state index is 0.235. The molecule has 114 valence electrons. The van der Waals surface area contributed by atoms with Crippen LogP contribution in [0.3, 0.4) is 0 Å². The lowest BCUT2D eigenvalue weighted by molar-refractivity contribution is -0.385. The van der Waals surface area contributed by atoms with Crippen molar-refractivity contribution in [1.29, 1.82) is 0 Å². The van der Waals surface area contributed by atoms with E-state index in [0.717, 1.165) is 11.8 Å². The van der Waals surface area contributed by atoms with Crippen molar-refractivity contribution in [1.82, 2.24) is 9.97 Å². The van der Waals surface area contributed by atoms with Gasteiger partial charge in [0.2, 0.25) is 0 Å². The molecule has 1 fully saturated rings. The first-order valence-corrected chi connectivity index (χ1v) is 6.84. The zero-order valence-corrected chi connectivity index (χ0v) is 11.7. The molecule has 0 amide bonds. The number of non-ortho nitro benzene ring substituents is 1. The van der Waals surface area contributed by atoms with E-state index in [1.165, 1.54) is 18.5 Å². The van der Waals surface area contributed by atoms with Crippen LogP contribution in [0.25, 0.3) is 0 Å². The van der Waals surface area contributed by atoms with Crippen molar-refractivity contribution in [3.05, 3.63) is 52.9 Å². The van der Waals surface area contributed by atoms with Gasteiger partial charge in [0.05, 0.1) is 34.8 Å². The van der Waals surface area contributed by atoms with Gasteiger partial charge in [0.25, 0.3) is 5.69 Å². The second-order valence-electron chi connectivity index (χ2n) is 4.96.